The van der Waals surface area contributed by atoms with Crippen molar-refractivity contribution in [3.63, 3.8) is 0 Å². The van der Waals surface area contributed by atoms with E-state index >= 15 is 0 Å². The highest BCUT2D eigenvalue weighted by atomic mass is 32.1. The van der Waals surface area contributed by atoms with Crippen LogP contribution in [0.25, 0.3) is 0 Å². The second-order valence-corrected chi connectivity index (χ2v) is 9.98. The molecule has 0 bridgehead atoms. The summed E-state index contributed by atoms with van der Waals surface area (Å²) >= 11 is 2.53. The molecule has 0 atom stereocenters. The van der Waals surface area contributed by atoms with Crippen LogP contribution < -0.4 is 10.6 Å². The van der Waals surface area contributed by atoms with E-state index in [1.165, 1.54) is 22.7 Å². The summed E-state index contributed by atoms with van der Waals surface area (Å²) in [4.78, 5) is 26.9. The minimum atomic E-state index is -1.08. The third-order valence-electron chi connectivity index (χ3n) is 3.57. The molecular weight excluding hydrogens is 432 g/mol. The fourth-order valence-corrected chi connectivity index (χ4v) is 3.70. The number of rotatable bonds is 6. The smallest absolute Gasteiger partial charge is 0.261 e. The molecule has 2 rings (SSSR count). The standard InChI is InChI=1S/C23H26N2O4S2/c1-22(2,28)12-10-16-6-8-18(30-16)20(26)24-14-5-15-25-21(27)19-9-7-17(31-19)11-13-23(3,4)29/h6-9,28-29H,5,14-15H2,1-4H3,(H,24,26)(H,25,27). The second-order valence-electron chi connectivity index (χ2n) is 7.81. The van der Waals surface area contributed by atoms with Crippen molar-refractivity contribution in [3.8, 4) is 23.7 Å². The number of hydrogen-bond acceptors (Lipinski definition) is 6. The lowest BCUT2D eigenvalue weighted by molar-refractivity contribution is 0.0955. The molecule has 0 aliphatic rings. The van der Waals surface area contributed by atoms with Crippen LogP contribution >= 0.6 is 22.7 Å². The molecule has 8 heteroatoms. The minimum absolute atomic E-state index is 0.194. The average Bonchev–Trinajstić information content (AvgIpc) is 3.32. The lowest BCUT2D eigenvalue weighted by Gasteiger charge is -2.05. The molecule has 2 heterocycles. The normalized spacial score (nSPS) is 11.0. The fraction of sp³-hybridized carbons (Fsp3) is 0.391. The molecule has 0 radical (unpaired) electrons. The van der Waals surface area contributed by atoms with Crippen molar-refractivity contribution < 1.29 is 19.8 Å². The van der Waals surface area contributed by atoms with Crippen LogP contribution in [0.1, 0.15) is 63.2 Å². The van der Waals surface area contributed by atoms with Crippen LogP contribution in [0.3, 0.4) is 0 Å². The number of thiophene rings is 2. The minimum Gasteiger partial charge on any atom is -0.378 e. The number of nitrogens with one attached hydrogen (secondary N) is 2. The van der Waals surface area contributed by atoms with E-state index in [-0.39, 0.29) is 11.8 Å². The van der Waals surface area contributed by atoms with Crippen molar-refractivity contribution in [3.05, 3.63) is 43.8 Å². The van der Waals surface area contributed by atoms with Crippen LogP contribution in [0.2, 0.25) is 0 Å². The largest absolute Gasteiger partial charge is 0.378 e. The summed E-state index contributed by atoms with van der Waals surface area (Å²) in [6.45, 7) is 7.25. The summed E-state index contributed by atoms with van der Waals surface area (Å²) in [5.74, 6) is 10.7. The van der Waals surface area contributed by atoms with Gasteiger partial charge in [0.25, 0.3) is 11.8 Å². The number of amides is 2. The number of hydrogen-bond donors (Lipinski definition) is 4. The molecule has 0 saturated heterocycles. The molecule has 0 saturated carbocycles. The summed E-state index contributed by atoms with van der Waals surface area (Å²) in [6, 6.07) is 6.90. The van der Waals surface area contributed by atoms with Crippen molar-refractivity contribution in [1.29, 1.82) is 0 Å². The Morgan fingerprint density at radius 1 is 0.806 bits per heavy atom. The Kier molecular flexibility index (Phi) is 8.43. The van der Waals surface area contributed by atoms with E-state index in [0.717, 1.165) is 0 Å². The van der Waals surface area contributed by atoms with Gasteiger partial charge in [0.2, 0.25) is 0 Å². The van der Waals surface area contributed by atoms with Crippen LogP contribution in [-0.4, -0.2) is 46.3 Å². The van der Waals surface area contributed by atoms with Gasteiger partial charge in [-0.25, -0.2) is 0 Å². The average molecular weight is 459 g/mol. The summed E-state index contributed by atoms with van der Waals surface area (Å²) in [6.07, 6.45) is 0.588. The third kappa shape index (κ3) is 9.37. The van der Waals surface area contributed by atoms with Crippen molar-refractivity contribution >= 4 is 34.5 Å². The first-order chi connectivity index (χ1) is 14.4. The molecule has 0 aliphatic carbocycles. The van der Waals surface area contributed by atoms with Gasteiger partial charge in [0.1, 0.15) is 11.2 Å². The molecule has 0 unspecified atom stereocenters. The Morgan fingerprint density at radius 2 is 1.19 bits per heavy atom. The quantitative estimate of drug-likeness (QED) is 0.395. The van der Waals surface area contributed by atoms with Crippen LogP contribution in [-0.2, 0) is 0 Å². The van der Waals surface area contributed by atoms with Crippen molar-refractivity contribution in [1.82, 2.24) is 10.6 Å². The van der Waals surface area contributed by atoms with Crippen LogP contribution in [0.15, 0.2) is 24.3 Å². The molecule has 2 amide bonds. The summed E-state index contributed by atoms with van der Waals surface area (Å²) in [7, 11) is 0. The van der Waals surface area contributed by atoms with Gasteiger partial charge in [-0.2, -0.15) is 0 Å². The molecule has 6 nitrogen and oxygen atoms in total. The van der Waals surface area contributed by atoms with Gasteiger partial charge in [0.05, 0.1) is 19.5 Å². The number of aliphatic hydroxyl groups is 2. The summed E-state index contributed by atoms with van der Waals surface area (Å²) in [5.41, 5.74) is -2.16. The van der Waals surface area contributed by atoms with Crippen LogP contribution in [0.4, 0.5) is 0 Å². The highest BCUT2D eigenvalue weighted by Crippen LogP contribution is 2.16. The van der Waals surface area contributed by atoms with E-state index in [1.54, 1.807) is 52.0 Å². The maximum absolute atomic E-state index is 12.2. The molecule has 0 spiro atoms. The lowest BCUT2D eigenvalue weighted by atomic mass is 10.1. The predicted molar refractivity (Wildman–Crippen MR) is 124 cm³/mol. The van der Waals surface area contributed by atoms with Gasteiger partial charge in [0, 0.05) is 13.1 Å². The third-order valence-corrected chi connectivity index (χ3v) is 5.57. The fourth-order valence-electron chi connectivity index (χ4n) is 2.15. The molecule has 0 aromatic carbocycles. The number of carbonyl (C=O) groups excluding carboxylic acids is 2. The van der Waals surface area contributed by atoms with Gasteiger partial charge in [-0.3, -0.25) is 9.59 Å². The summed E-state index contributed by atoms with van der Waals surface area (Å²) < 4.78 is 0. The van der Waals surface area contributed by atoms with Gasteiger partial charge < -0.3 is 20.8 Å². The zero-order chi connectivity index (χ0) is 23.1. The van der Waals surface area contributed by atoms with Gasteiger partial charge in [-0.1, -0.05) is 23.7 Å². The van der Waals surface area contributed by atoms with E-state index in [9.17, 15) is 19.8 Å². The number of carbonyl (C=O) groups is 2. The predicted octanol–water partition coefficient (Wildman–Crippen LogP) is 2.60. The van der Waals surface area contributed by atoms with E-state index in [1.807, 2.05) is 0 Å². The Labute approximate surface area is 190 Å². The Bertz CT molecular complexity index is 963. The summed E-state index contributed by atoms with van der Waals surface area (Å²) in [5, 5.41) is 24.9. The lowest BCUT2D eigenvalue weighted by Crippen LogP contribution is -2.29. The van der Waals surface area contributed by atoms with Crippen LogP contribution in [0.5, 0.6) is 0 Å². The second kappa shape index (κ2) is 10.6. The molecule has 31 heavy (non-hydrogen) atoms. The van der Waals surface area contributed by atoms with E-state index in [2.05, 4.69) is 34.3 Å². The Morgan fingerprint density at radius 3 is 1.55 bits per heavy atom. The monoisotopic (exact) mass is 458 g/mol. The van der Waals surface area contributed by atoms with Crippen LogP contribution in [0, 0.1) is 23.7 Å². The van der Waals surface area contributed by atoms with Crippen molar-refractivity contribution in [2.24, 2.45) is 0 Å². The highest BCUT2D eigenvalue weighted by Gasteiger charge is 2.11. The van der Waals surface area contributed by atoms with Crippen molar-refractivity contribution in [2.45, 2.75) is 45.3 Å². The molecular formula is C23H26N2O4S2. The van der Waals surface area contributed by atoms with Crippen molar-refractivity contribution in [2.75, 3.05) is 13.1 Å². The zero-order valence-electron chi connectivity index (χ0n) is 18.0. The van der Waals surface area contributed by atoms with Gasteiger partial charge in [-0.05, 0) is 58.4 Å². The topological polar surface area (TPSA) is 98.7 Å². The first-order valence-electron chi connectivity index (χ1n) is 9.70. The molecule has 4 N–H and O–H groups in total. The molecule has 164 valence electrons. The Balaban J connectivity index is 1.73. The Hall–Kier alpha value is -2.62. The first-order valence-corrected chi connectivity index (χ1v) is 11.3. The highest BCUT2D eigenvalue weighted by molar-refractivity contribution is 7.14. The molecule has 2 aromatic heterocycles. The first kappa shape index (κ1) is 24.6. The SMILES string of the molecule is CC(C)(O)C#Cc1ccc(C(=O)NCCCNC(=O)c2ccc(C#CC(C)(C)O)s2)s1. The van der Waals surface area contributed by atoms with Gasteiger partial charge in [0.15, 0.2) is 0 Å². The van der Waals surface area contributed by atoms with E-state index < -0.39 is 11.2 Å². The molecule has 0 aliphatic heterocycles. The molecule has 0 fully saturated rings. The van der Waals surface area contributed by atoms with Gasteiger partial charge >= 0.3 is 0 Å². The maximum atomic E-state index is 12.2. The van der Waals surface area contributed by atoms with E-state index in [4.69, 9.17) is 0 Å². The van der Waals surface area contributed by atoms with Gasteiger partial charge in [-0.15, -0.1) is 22.7 Å². The molecule has 2 aromatic rings. The van der Waals surface area contributed by atoms with E-state index in [0.29, 0.717) is 39.0 Å². The zero-order valence-corrected chi connectivity index (χ0v) is 19.6. The maximum Gasteiger partial charge on any atom is 0.261 e.